The van der Waals surface area contributed by atoms with E-state index in [9.17, 15) is 14.7 Å². The number of rotatable bonds is 11. The maximum absolute atomic E-state index is 12.2. The molecular weight excluding hydrogens is 328 g/mol. The number of aliphatic hydroxyl groups excluding tert-OH is 1. The first-order valence-corrected chi connectivity index (χ1v) is 9.59. The number of hydrogen-bond acceptors (Lipinski definition) is 3. The molecule has 1 atom stereocenters. The first-order valence-electron chi connectivity index (χ1n) is 9.59. The maximum atomic E-state index is 12.2. The zero-order valence-corrected chi connectivity index (χ0v) is 16.3. The number of carboxylic acids is 1. The number of carboxylic acid groups (broad SMARTS) is 1. The normalized spacial score (nSPS) is 15.5. The van der Waals surface area contributed by atoms with Crippen LogP contribution in [-0.2, 0) is 9.59 Å². The fourth-order valence-electron chi connectivity index (χ4n) is 3.14. The van der Waals surface area contributed by atoms with Gasteiger partial charge in [0.2, 0.25) is 0 Å². The molecule has 0 saturated heterocycles. The van der Waals surface area contributed by atoms with E-state index in [2.05, 4.69) is 24.8 Å². The topological polar surface area (TPSA) is 74.6 Å². The third-order valence-corrected chi connectivity index (χ3v) is 4.54. The van der Waals surface area contributed by atoms with E-state index in [1.165, 1.54) is 25.7 Å². The lowest BCUT2D eigenvalue weighted by molar-refractivity contribution is -0.146. The van der Waals surface area contributed by atoms with Gasteiger partial charge in [0, 0.05) is 24.8 Å². The second-order valence-electron chi connectivity index (χ2n) is 7.10. The summed E-state index contributed by atoms with van der Waals surface area (Å²) in [7, 11) is 0. The van der Waals surface area contributed by atoms with E-state index in [4.69, 9.17) is 5.11 Å². The fraction of sp³-hybridized carbons (Fsp3) is 0.591. The number of Topliss-reactive ketones (excluding diaryl/α,β-unsaturated/α-hetero) is 1. The minimum Gasteiger partial charge on any atom is -0.479 e. The predicted octanol–water partition coefficient (Wildman–Crippen LogP) is 4.89. The van der Waals surface area contributed by atoms with Crippen LogP contribution in [0.1, 0.15) is 78.6 Å². The van der Waals surface area contributed by atoms with E-state index >= 15 is 0 Å². The zero-order chi connectivity index (χ0) is 19.5. The van der Waals surface area contributed by atoms with Crippen molar-refractivity contribution in [3.05, 3.63) is 40.2 Å². The van der Waals surface area contributed by atoms with Crippen molar-refractivity contribution in [2.75, 3.05) is 0 Å². The molecule has 0 aliphatic heterocycles. The number of carbonyl (C=O) groups is 2. The van der Waals surface area contributed by atoms with Crippen LogP contribution in [0.4, 0.5) is 0 Å². The summed E-state index contributed by atoms with van der Waals surface area (Å²) in [6.07, 6.45) is 10.8. The van der Waals surface area contributed by atoms with Gasteiger partial charge in [-0.3, -0.25) is 4.79 Å². The van der Waals surface area contributed by atoms with Crippen LogP contribution in [0.3, 0.4) is 0 Å². The maximum Gasteiger partial charge on any atom is 0.332 e. The number of aliphatic hydroxyl groups is 1. The van der Waals surface area contributed by atoms with Crippen LogP contribution in [0.25, 0.3) is 0 Å². The Morgan fingerprint density at radius 3 is 2.58 bits per heavy atom. The van der Waals surface area contributed by atoms with Crippen molar-refractivity contribution in [1.29, 1.82) is 0 Å². The standard InChI is InChI=1S/C22H32O4/c1-4-5-6-7-8-9-10-18-11-12-20(23)19(18)14-16(2)13-17(3)15-21(24)22(25)26/h9-10,21,24H,4-8,11-12,14-15H2,1-3H3,(H,25,26)/b10-9+. The summed E-state index contributed by atoms with van der Waals surface area (Å²) in [5.41, 5.74) is 6.66. The molecule has 0 saturated carbocycles. The lowest BCUT2D eigenvalue weighted by atomic mass is 10.0. The Balaban J connectivity index is 2.76. The molecule has 2 N–H and O–H groups in total. The Labute approximate surface area is 157 Å². The molecule has 0 spiro atoms. The molecular formula is C22H32O4. The fourth-order valence-corrected chi connectivity index (χ4v) is 3.14. The third-order valence-electron chi connectivity index (χ3n) is 4.54. The van der Waals surface area contributed by atoms with E-state index in [0.29, 0.717) is 18.4 Å². The molecule has 144 valence electrons. The van der Waals surface area contributed by atoms with Crippen molar-refractivity contribution in [2.45, 2.75) is 84.7 Å². The van der Waals surface area contributed by atoms with E-state index in [1.807, 2.05) is 6.92 Å². The highest BCUT2D eigenvalue weighted by atomic mass is 16.4. The Morgan fingerprint density at radius 2 is 1.92 bits per heavy atom. The molecule has 0 heterocycles. The highest BCUT2D eigenvalue weighted by molar-refractivity contribution is 5.99. The average Bonchev–Trinajstić information content (AvgIpc) is 2.90. The van der Waals surface area contributed by atoms with Crippen LogP contribution in [0.2, 0.25) is 0 Å². The van der Waals surface area contributed by atoms with Crippen molar-refractivity contribution in [2.24, 2.45) is 0 Å². The lowest BCUT2D eigenvalue weighted by Gasteiger charge is -2.05. The molecule has 4 nitrogen and oxygen atoms in total. The van der Waals surface area contributed by atoms with Crippen LogP contribution in [0.5, 0.6) is 0 Å². The van der Waals surface area contributed by atoms with Gasteiger partial charge in [0.05, 0.1) is 0 Å². The van der Waals surface area contributed by atoms with Crippen LogP contribution in [0, 0.1) is 0 Å². The van der Waals surface area contributed by atoms with Crippen molar-refractivity contribution in [3.63, 3.8) is 0 Å². The molecule has 0 aromatic heterocycles. The Bertz CT molecular complexity index is 631. The van der Waals surface area contributed by atoms with Gasteiger partial charge in [-0.2, -0.15) is 0 Å². The summed E-state index contributed by atoms with van der Waals surface area (Å²) in [4.78, 5) is 22.9. The summed E-state index contributed by atoms with van der Waals surface area (Å²) in [5, 5.41) is 18.2. The SMILES string of the molecule is CCCCCC/C=C/C1=C(CC(C)=C=C(C)CC(O)C(=O)O)C(=O)CC1. The smallest absolute Gasteiger partial charge is 0.332 e. The quantitative estimate of drug-likeness (QED) is 0.406. The second kappa shape index (κ2) is 11.7. The van der Waals surface area contributed by atoms with Gasteiger partial charge in [-0.15, -0.1) is 5.73 Å². The largest absolute Gasteiger partial charge is 0.479 e. The first kappa shape index (κ1) is 22.1. The van der Waals surface area contributed by atoms with Crippen molar-refractivity contribution in [3.8, 4) is 0 Å². The van der Waals surface area contributed by atoms with E-state index < -0.39 is 12.1 Å². The molecule has 0 fully saturated rings. The number of ketones is 1. The summed E-state index contributed by atoms with van der Waals surface area (Å²) in [6, 6.07) is 0. The van der Waals surface area contributed by atoms with Gasteiger partial charge in [-0.05, 0) is 49.8 Å². The summed E-state index contributed by atoms with van der Waals surface area (Å²) in [5.74, 6) is -1.04. The molecule has 1 aliphatic rings. The molecule has 0 aromatic rings. The summed E-state index contributed by atoms with van der Waals surface area (Å²) in [6.45, 7) is 5.84. The zero-order valence-electron chi connectivity index (χ0n) is 16.3. The Kier molecular flexibility index (Phi) is 9.93. The van der Waals surface area contributed by atoms with Crippen molar-refractivity contribution in [1.82, 2.24) is 0 Å². The molecule has 1 unspecified atom stereocenters. The molecule has 4 heteroatoms. The predicted molar refractivity (Wildman–Crippen MR) is 104 cm³/mol. The summed E-state index contributed by atoms with van der Waals surface area (Å²) < 4.78 is 0. The first-order chi connectivity index (χ1) is 12.3. The number of hydrogen-bond donors (Lipinski definition) is 2. The van der Waals surface area contributed by atoms with Crippen molar-refractivity contribution < 1.29 is 19.8 Å². The van der Waals surface area contributed by atoms with Gasteiger partial charge in [0.15, 0.2) is 11.9 Å². The Hall–Kier alpha value is -1.90. The number of aliphatic carboxylic acids is 1. The molecule has 0 bridgehead atoms. The van der Waals surface area contributed by atoms with Gasteiger partial charge in [0.1, 0.15) is 0 Å². The molecule has 0 radical (unpaired) electrons. The lowest BCUT2D eigenvalue weighted by Crippen LogP contribution is -2.19. The highest BCUT2D eigenvalue weighted by Crippen LogP contribution is 2.29. The number of allylic oxidation sites excluding steroid dienone is 4. The second-order valence-corrected chi connectivity index (χ2v) is 7.10. The van der Waals surface area contributed by atoms with Gasteiger partial charge < -0.3 is 10.2 Å². The minimum atomic E-state index is -1.41. The van der Waals surface area contributed by atoms with Crippen molar-refractivity contribution >= 4 is 11.8 Å². The van der Waals surface area contributed by atoms with E-state index in [-0.39, 0.29) is 12.2 Å². The van der Waals surface area contributed by atoms with Gasteiger partial charge in [-0.25, -0.2) is 4.79 Å². The molecule has 0 amide bonds. The highest BCUT2D eigenvalue weighted by Gasteiger charge is 2.21. The third kappa shape index (κ3) is 7.99. The average molecular weight is 360 g/mol. The summed E-state index contributed by atoms with van der Waals surface area (Å²) >= 11 is 0. The van der Waals surface area contributed by atoms with E-state index in [1.54, 1.807) is 6.92 Å². The molecule has 1 rings (SSSR count). The van der Waals surface area contributed by atoms with Crippen LogP contribution in [0.15, 0.2) is 40.2 Å². The monoisotopic (exact) mass is 360 g/mol. The van der Waals surface area contributed by atoms with Gasteiger partial charge in [-0.1, -0.05) is 38.3 Å². The Morgan fingerprint density at radius 1 is 1.19 bits per heavy atom. The van der Waals surface area contributed by atoms with Gasteiger partial charge in [0.25, 0.3) is 0 Å². The van der Waals surface area contributed by atoms with Gasteiger partial charge >= 0.3 is 5.97 Å². The van der Waals surface area contributed by atoms with E-state index in [0.717, 1.165) is 29.6 Å². The van der Waals surface area contributed by atoms with Crippen LogP contribution >= 0.6 is 0 Å². The van der Waals surface area contributed by atoms with Crippen LogP contribution in [-0.4, -0.2) is 28.1 Å². The number of unbranched alkanes of at least 4 members (excludes halogenated alkanes) is 4. The molecule has 26 heavy (non-hydrogen) atoms. The van der Waals surface area contributed by atoms with Crippen LogP contribution < -0.4 is 0 Å². The number of carbonyl (C=O) groups excluding carboxylic acids is 1. The minimum absolute atomic E-state index is 0.0458. The molecule has 0 aromatic carbocycles. The molecule has 1 aliphatic carbocycles.